The molecule has 0 unspecified atom stereocenters. The van der Waals surface area contributed by atoms with Crippen LogP contribution in [0.4, 0.5) is 0 Å². The molecule has 0 amide bonds. The van der Waals surface area contributed by atoms with Crippen LogP contribution in [0, 0.1) is 0 Å². The van der Waals surface area contributed by atoms with E-state index in [9.17, 15) is 0 Å². The van der Waals surface area contributed by atoms with Gasteiger partial charge in [0.25, 0.3) is 0 Å². The van der Waals surface area contributed by atoms with E-state index in [1.54, 1.807) is 0 Å². The van der Waals surface area contributed by atoms with E-state index in [0.717, 1.165) is 5.69 Å². The van der Waals surface area contributed by atoms with E-state index >= 15 is 0 Å². The molecule has 0 fully saturated rings. The molecule has 0 spiro atoms. The van der Waals surface area contributed by atoms with Gasteiger partial charge in [0.05, 0.1) is 0 Å². The number of hydrogen-bond acceptors (Lipinski definition) is 2. The fourth-order valence-corrected chi connectivity index (χ4v) is 24.7. The molecule has 2 rings (SSSR count). The first-order valence-corrected chi connectivity index (χ1v) is 26.7. The van der Waals surface area contributed by atoms with Crippen molar-refractivity contribution in [3.8, 4) is 11.3 Å². The number of aromatic nitrogens is 1. The van der Waals surface area contributed by atoms with Crippen LogP contribution in [0.15, 0.2) is 34.9 Å². The zero-order chi connectivity index (χ0) is 14.3. The van der Waals surface area contributed by atoms with Crippen molar-refractivity contribution in [2.75, 3.05) is 0 Å². The van der Waals surface area contributed by atoms with E-state index in [4.69, 9.17) is 4.52 Å². The Kier molecular flexibility index (Phi) is 4.41. The van der Waals surface area contributed by atoms with Crippen LogP contribution in [0.25, 0.3) is 11.3 Å². The molecular formula is C15H23NOSn2. The van der Waals surface area contributed by atoms with Gasteiger partial charge in [-0.2, -0.15) is 0 Å². The van der Waals surface area contributed by atoms with Gasteiger partial charge in [0, 0.05) is 0 Å². The summed E-state index contributed by atoms with van der Waals surface area (Å²) in [5.74, 6) is 0. The number of nitrogens with zero attached hydrogens (tertiary/aromatic N) is 1. The predicted molar refractivity (Wildman–Crippen MR) is 87.9 cm³/mol. The molecule has 0 aliphatic rings. The summed E-state index contributed by atoms with van der Waals surface area (Å²) in [7, 11) is 0. The minimum absolute atomic E-state index is 1.12. The number of rotatable bonds is 3. The molecule has 0 atom stereocenters. The molecule has 2 nitrogen and oxygen atoms in total. The van der Waals surface area contributed by atoms with Crippen LogP contribution in [0.5, 0.6) is 0 Å². The third kappa shape index (κ3) is 3.38. The van der Waals surface area contributed by atoms with Crippen LogP contribution in [0.2, 0.25) is 29.6 Å². The summed E-state index contributed by atoms with van der Waals surface area (Å²) >= 11 is -4.49. The van der Waals surface area contributed by atoms with Gasteiger partial charge in [0.1, 0.15) is 0 Å². The summed E-state index contributed by atoms with van der Waals surface area (Å²) in [4.78, 5) is 14.6. The molecule has 0 saturated carbocycles. The van der Waals surface area contributed by atoms with Gasteiger partial charge in [-0.15, -0.1) is 0 Å². The average molecular weight is 471 g/mol. The fraction of sp³-hybridized carbons (Fsp3) is 0.400. The molecule has 1 aromatic carbocycles. The maximum atomic E-state index is 5.84. The van der Waals surface area contributed by atoms with Crippen LogP contribution < -0.4 is 7.36 Å². The van der Waals surface area contributed by atoms with Crippen molar-refractivity contribution in [1.29, 1.82) is 0 Å². The van der Waals surface area contributed by atoms with Gasteiger partial charge >= 0.3 is 125 Å². The van der Waals surface area contributed by atoms with E-state index < -0.39 is 36.8 Å². The standard InChI is InChI=1S/C9H5NO.6CH3.2Sn/c1-2-4-8(5-3-1)9-6-7-11-10-9;;;;;;;;/h1-5H;6*1H3;;. The number of hydrogen-bond donors (Lipinski definition) is 0. The Bertz CT molecular complexity index is 562. The third-order valence-corrected chi connectivity index (χ3v) is 15.7. The van der Waals surface area contributed by atoms with Crippen molar-refractivity contribution in [2.24, 2.45) is 0 Å². The zero-order valence-corrected chi connectivity index (χ0v) is 18.5. The van der Waals surface area contributed by atoms with Crippen LogP contribution in [0.3, 0.4) is 0 Å². The van der Waals surface area contributed by atoms with Gasteiger partial charge in [0.2, 0.25) is 0 Å². The molecule has 2 aromatic rings. The van der Waals surface area contributed by atoms with Gasteiger partial charge < -0.3 is 0 Å². The van der Waals surface area contributed by atoms with Gasteiger partial charge in [0.15, 0.2) is 0 Å². The Hall–Kier alpha value is 0.0274. The second kappa shape index (κ2) is 5.43. The SMILES string of the molecule is [CH3][Sn]([CH3])([CH3])[c]1onc(-c2ccccc2)[c]1[Sn]([CH3])([CH3])[CH3]. The normalized spacial score (nSPS) is 12.7. The van der Waals surface area contributed by atoms with E-state index in [1.807, 2.05) is 6.07 Å². The monoisotopic (exact) mass is 473 g/mol. The summed E-state index contributed by atoms with van der Waals surface area (Å²) in [5.41, 5.74) is 2.32. The Balaban J connectivity index is 2.68. The molecule has 102 valence electrons. The first kappa shape index (κ1) is 15.4. The van der Waals surface area contributed by atoms with E-state index in [-0.39, 0.29) is 0 Å². The summed E-state index contributed by atoms with van der Waals surface area (Å²) in [6.07, 6.45) is 0. The third-order valence-electron chi connectivity index (χ3n) is 3.17. The average Bonchev–Trinajstić information content (AvgIpc) is 2.74. The van der Waals surface area contributed by atoms with Crippen LogP contribution in [-0.4, -0.2) is 41.9 Å². The molecule has 1 aromatic heterocycles. The second-order valence-electron chi connectivity index (χ2n) is 7.10. The predicted octanol–water partition coefficient (Wildman–Crippen LogP) is 3.43. The molecule has 1 heterocycles. The topological polar surface area (TPSA) is 26.0 Å². The quantitative estimate of drug-likeness (QED) is 0.643. The van der Waals surface area contributed by atoms with Crippen molar-refractivity contribution in [3.05, 3.63) is 30.3 Å². The summed E-state index contributed by atoms with van der Waals surface area (Å²) < 4.78 is 8.64. The van der Waals surface area contributed by atoms with Gasteiger partial charge in [-0.3, -0.25) is 0 Å². The molecule has 0 aliphatic carbocycles. The first-order chi connectivity index (χ1) is 8.71. The number of benzene rings is 1. The molecule has 0 aliphatic heterocycles. The Morgan fingerprint density at radius 3 is 1.89 bits per heavy atom. The van der Waals surface area contributed by atoms with Crippen molar-refractivity contribution < 1.29 is 4.52 Å². The molecule has 0 N–H and O–H groups in total. The van der Waals surface area contributed by atoms with Gasteiger partial charge in [-0.1, -0.05) is 0 Å². The van der Waals surface area contributed by atoms with Crippen LogP contribution >= 0.6 is 0 Å². The maximum absolute atomic E-state index is 5.84. The Morgan fingerprint density at radius 2 is 1.42 bits per heavy atom. The first-order valence-electron chi connectivity index (χ1n) is 6.77. The Morgan fingerprint density at radius 1 is 0.842 bits per heavy atom. The van der Waals surface area contributed by atoms with Gasteiger partial charge in [-0.05, 0) is 0 Å². The summed E-state index contributed by atoms with van der Waals surface area (Å²) in [6, 6.07) is 10.5. The zero-order valence-electron chi connectivity index (χ0n) is 12.7. The molecule has 0 bridgehead atoms. The Labute approximate surface area is 124 Å². The fourth-order valence-electron chi connectivity index (χ4n) is 2.29. The molecule has 19 heavy (non-hydrogen) atoms. The minimum atomic E-state index is -2.25. The molecule has 0 saturated heterocycles. The summed E-state index contributed by atoms with van der Waals surface area (Å²) in [5, 5.41) is 4.45. The van der Waals surface area contributed by atoms with Crippen molar-refractivity contribution in [3.63, 3.8) is 0 Å². The van der Waals surface area contributed by atoms with Crippen LogP contribution in [0.1, 0.15) is 0 Å². The van der Waals surface area contributed by atoms with Gasteiger partial charge in [-0.25, -0.2) is 0 Å². The van der Waals surface area contributed by atoms with E-state index in [1.165, 1.54) is 12.9 Å². The van der Waals surface area contributed by atoms with E-state index in [0.29, 0.717) is 0 Å². The molecule has 0 radical (unpaired) electrons. The van der Waals surface area contributed by atoms with E-state index in [2.05, 4.69) is 59.1 Å². The summed E-state index contributed by atoms with van der Waals surface area (Å²) in [6.45, 7) is 0. The molecule has 4 heteroatoms. The second-order valence-corrected chi connectivity index (χ2v) is 35.5. The molecular weight excluding hydrogens is 448 g/mol. The van der Waals surface area contributed by atoms with Crippen molar-refractivity contribution >= 4 is 44.1 Å². The van der Waals surface area contributed by atoms with Crippen molar-refractivity contribution in [2.45, 2.75) is 29.6 Å². The van der Waals surface area contributed by atoms with Crippen LogP contribution in [-0.2, 0) is 0 Å². The van der Waals surface area contributed by atoms with Crippen molar-refractivity contribution in [1.82, 2.24) is 5.16 Å².